The molecule has 0 spiro atoms. The first-order chi connectivity index (χ1) is 19.3. The summed E-state index contributed by atoms with van der Waals surface area (Å²) >= 11 is 12.3. The Kier molecular flexibility index (Phi) is 8.96. The Morgan fingerprint density at radius 1 is 1.25 bits per heavy atom. The zero-order valence-corrected chi connectivity index (χ0v) is 24.0. The second-order valence-corrected chi connectivity index (χ2v) is 11.1. The number of aromatic nitrogens is 2. The number of rotatable bonds is 11. The SMILES string of the molecule is C=C/C(=C\C(=C/C)C1CCN(Cc2nc3ccc(C(=O)O)cc3n2C[C@@H]2CCO2)C1)COc1ccc(Cl)cc1Cl. The number of hydrogen-bond donors (Lipinski definition) is 1. The summed E-state index contributed by atoms with van der Waals surface area (Å²) in [6, 6.07) is 10.3. The molecule has 1 aromatic heterocycles. The molecule has 2 aliphatic heterocycles. The molecule has 0 radical (unpaired) electrons. The number of carboxylic acid groups (broad SMARTS) is 1. The summed E-state index contributed by atoms with van der Waals surface area (Å²) in [4.78, 5) is 18.9. The van der Waals surface area contributed by atoms with Gasteiger partial charge in [-0.1, -0.05) is 48.0 Å². The molecule has 0 aliphatic carbocycles. The molecule has 3 aromatic rings. The Morgan fingerprint density at radius 2 is 2.08 bits per heavy atom. The number of likely N-dealkylation sites (tertiary alicyclic amines) is 1. The third-order valence-corrected chi connectivity index (χ3v) is 8.13. The van der Waals surface area contributed by atoms with Crippen LogP contribution in [0.3, 0.4) is 0 Å². The van der Waals surface area contributed by atoms with Crippen LogP contribution in [0.15, 0.2) is 72.4 Å². The van der Waals surface area contributed by atoms with E-state index < -0.39 is 5.97 Å². The number of carboxylic acids is 1. The molecule has 40 heavy (non-hydrogen) atoms. The Hall–Kier alpha value is -3.10. The van der Waals surface area contributed by atoms with E-state index in [4.69, 9.17) is 37.7 Å². The molecule has 2 atom stereocenters. The Bertz CT molecular complexity index is 1470. The smallest absolute Gasteiger partial charge is 0.335 e. The largest absolute Gasteiger partial charge is 0.487 e. The molecule has 5 rings (SSSR count). The highest BCUT2D eigenvalue weighted by atomic mass is 35.5. The second kappa shape index (κ2) is 12.6. The number of aromatic carboxylic acids is 1. The van der Waals surface area contributed by atoms with Gasteiger partial charge in [0.15, 0.2) is 0 Å². The van der Waals surface area contributed by atoms with Gasteiger partial charge in [-0.25, -0.2) is 9.78 Å². The monoisotopic (exact) mass is 581 g/mol. The van der Waals surface area contributed by atoms with Gasteiger partial charge >= 0.3 is 5.97 Å². The van der Waals surface area contributed by atoms with Gasteiger partial charge < -0.3 is 19.1 Å². The molecule has 3 heterocycles. The summed E-state index contributed by atoms with van der Waals surface area (Å²) in [5.74, 6) is 0.946. The number of carbonyl (C=O) groups is 1. The molecule has 0 amide bonds. The molecule has 7 nitrogen and oxygen atoms in total. The summed E-state index contributed by atoms with van der Waals surface area (Å²) in [6.45, 7) is 10.4. The molecule has 1 N–H and O–H groups in total. The van der Waals surface area contributed by atoms with E-state index in [1.807, 2.05) is 6.08 Å². The maximum Gasteiger partial charge on any atom is 0.335 e. The molecule has 1 unspecified atom stereocenters. The van der Waals surface area contributed by atoms with Crippen LogP contribution in [0.1, 0.15) is 35.9 Å². The first kappa shape index (κ1) is 28.4. The minimum absolute atomic E-state index is 0.137. The van der Waals surface area contributed by atoms with Gasteiger partial charge in [0.25, 0.3) is 0 Å². The normalized spacial score (nSPS) is 20.1. The van der Waals surface area contributed by atoms with Crippen molar-refractivity contribution in [3.8, 4) is 5.75 Å². The topological polar surface area (TPSA) is 76.8 Å². The van der Waals surface area contributed by atoms with Gasteiger partial charge in [-0.2, -0.15) is 0 Å². The van der Waals surface area contributed by atoms with Gasteiger partial charge in [-0.3, -0.25) is 4.90 Å². The van der Waals surface area contributed by atoms with E-state index >= 15 is 0 Å². The van der Waals surface area contributed by atoms with Crippen molar-refractivity contribution in [3.63, 3.8) is 0 Å². The summed E-state index contributed by atoms with van der Waals surface area (Å²) in [7, 11) is 0. The van der Waals surface area contributed by atoms with Gasteiger partial charge in [0.05, 0.1) is 40.8 Å². The zero-order chi connectivity index (χ0) is 28.2. The molecular formula is C31H33Cl2N3O4. The zero-order valence-electron chi connectivity index (χ0n) is 22.5. The molecule has 9 heteroatoms. The fourth-order valence-electron chi connectivity index (χ4n) is 5.27. The van der Waals surface area contributed by atoms with Crippen molar-refractivity contribution < 1.29 is 19.4 Å². The number of halogens is 2. The molecule has 2 saturated heterocycles. The predicted octanol–water partition coefficient (Wildman–Crippen LogP) is 6.79. The van der Waals surface area contributed by atoms with Crippen LogP contribution in [0.25, 0.3) is 11.0 Å². The maximum absolute atomic E-state index is 11.6. The van der Waals surface area contributed by atoms with Crippen LogP contribution in [0.2, 0.25) is 10.0 Å². The summed E-state index contributed by atoms with van der Waals surface area (Å²) < 4.78 is 13.8. The first-order valence-electron chi connectivity index (χ1n) is 13.5. The third kappa shape index (κ3) is 6.44. The van der Waals surface area contributed by atoms with Crippen molar-refractivity contribution in [2.75, 3.05) is 26.3 Å². The summed E-state index contributed by atoms with van der Waals surface area (Å²) in [6.07, 6.45) is 8.29. The van der Waals surface area contributed by atoms with Crippen LogP contribution in [0, 0.1) is 5.92 Å². The van der Waals surface area contributed by atoms with E-state index in [9.17, 15) is 9.90 Å². The van der Waals surface area contributed by atoms with Gasteiger partial charge in [-0.15, -0.1) is 0 Å². The highest BCUT2D eigenvalue weighted by Gasteiger charge is 2.28. The fraction of sp³-hybridized carbons (Fsp3) is 0.355. The van der Waals surface area contributed by atoms with Crippen LogP contribution >= 0.6 is 23.2 Å². The van der Waals surface area contributed by atoms with E-state index in [2.05, 4.69) is 35.1 Å². The first-order valence-corrected chi connectivity index (χ1v) is 14.2. The summed E-state index contributed by atoms with van der Waals surface area (Å²) in [5.41, 5.74) is 4.12. The highest BCUT2D eigenvalue weighted by molar-refractivity contribution is 6.35. The number of hydrogen-bond acceptors (Lipinski definition) is 5. The minimum atomic E-state index is -0.939. The molecule has 0 saturated carbocycles. The standard InChI is InChI=1S/C31H33Cl2N3O4/c1-3-20(19-40-29-8-6-24(32)15-26(29)33)13-21(4-2)23-9-11-35(16-23)18-30-34-27-7-5-22(31(37)38)14-28(27)36(30)17-25-10-12-39-25/h3-8,13-15,23,25H,1,9-12,16-19H2,2H3,(H,37,38)/b20-13+,21-4+/t23?,25-/m0/s1. The second-order valence-electron chi connectivity index (χ2n) is 10.2. The van der Waals surface area contributed by atoms with Crippen molar-refractivity contribution >= 4 is 40.2 Å². The molecule has 0 bridgehead atoms. The van der Waals surface area contributed by atoms with Gasteiger partial charge in [-0.05, 0) is 79.8 Å². The van der Waals surface area contributed by atoms with Crippen LogP contribution in [-0.4, -0.2) is 57.9 Å². The third-order valence-electron chi connectivity index (χ3n) is 7.60. The Labute approximate surface area is 244 Å². The Balaban J connectivity index is 1.28. The number of imidazole rings is 1. The number of ether oxygens (including phenoxy) is 2. The van der Waals surface area contributed by atoms with E-state index in [0.717, 1.165) is 55.0 Å². The van der Waals surface area contributed by atoms with E-state index in [-0.39, 0.29) is 11.7 Å². The lowest BCUT2D eigenvalue weighted by atomic mass is 9.96. The van der Waals surface area contributed by atoms with Crippen LogP contribution in [0.5, 0.6) is 5.75 Å². The van der Waals surface area contributed by atoms with E-state index in [1.54, 1.807) is 36.4 Å². The van der Waals surface area contributed by atoms with E-state index in [1.165, 1.54) is 5.57 Å². The van der Waals surface area contributed by atoms with Gasteiger partial charge in [0.2, 0.25) is 0 Å². The fourth-order valence-corrected chi connectivity index (χ4v) is 5.74. The lowest BCUT2D eigenvalue weighted by Crippen LogP contribution is -2.32. The highest BCUT2D eigenvalue weighted by Crippen LogP contribution is 2.30. The minimum Gasteiger partial charge on any atom is -0.487 e. The van der Waals surface area contributed by atoms with Crippen LogP contribution in [-0.2, 0) is 17.8 Å². The average molecular weight is 583 g/mol. The predicted molar refractivity (Wildman–Crippen MR) is 158 cm³/mol. The number of allylic oxidation sites excluding steroid dienone is 2. The van der Waals surface area contributed by atoms with Gasteiger partial charge in [0.1, 0.15) is 18.2 Å². The average Bonchev–Trinajstić information content (AvgIpc) is 3.51. The molecule has 210 valence electrons. The quantitative estimate of drug-likeness (QED) is 0.251. The van der Waals surface area contributed by atoms with E-state index in [0.29, 0.717) is 41.4 Å². The van der Waals surface area contributed by atoms with Crippen LogP contribution < -0.4 is 4.74 Å². The van der Waals surface area contributed by atoms with Crippen molar-refractivity contribution in [2.24, 2.45) is 5.92 Å². The number of benzene rings is 2. The molecule has 2 fully saturated rings. The lowest BCUT2D eigenvalue weighted by molar-refractivity contribution is -0.0591. The van der Waals surface area contributed by atoms with Crippen molar-refractivity contribution in [2.45, 2.75) is 39.0 Å². The molecule has 2 aliphatic rings. The van der Waals surface area contributed by atoms with Crippen molar-refractivity contribution in [1.82, 2.24) is 14.5 Å². The lowest BCUT2D eigenvalue weighted by Gasteiger charge is -2.28. The van der Waals surface area contributed by atoms with Crippen molar-refractivity contribution in [1.29, 1.82) is 0 Å². The molecule has 2 aromatic carbocycles. The van der Waals surface area contributed by atoms with Crippen molar-refractivity contribution in [3.05, 3.63) is 93.8 Å². The maximum atomic E-state index is 11.6. The molecular weight excluding hydrogens is 549 g/mol. The Morgan fingerprint density at radius 3 is 2.75 bits per heavy atom. The van der Waals surface area contributed by atoms with Crippen LogP contribution in [0.4, 0.5) is 0 Å². The summed E-state index contributed by atoms with van der Waals surface area (Å²) in [5, 5.41) is 10.6. The number of nitrogens with zero attached hydrogens (tertiary/aromatic N) is 3. The number of fused-ring (bicyclic) bond motifs is 1. The van der Waals surface area contributed by atoms with Gasteiger partial charge in [0, 0.05) is 18.2 Å².